The molecule has 0 atom stereocenters. The molecular weight excluding hydrogens is 396 g/mol. The van der Waals surface area contributed by atoms with E-state index in [9.17, 15) is 4.79 Å². The molecule has 2 aromatic heterocycles. The molecule has 0 aliphatic rings. The number of ether oxygens (including phenoxy) is 1. The lowest BCUT2D eigenvalue weighted by molar-refractivity contribution is -0.136. The van der Waals surface area contributed by atoms with Crippen LogP contribution in [-0.4, -0.2) is 22.5 Å². The van der Waals surface area contributed by atoms with Gasteiger partial charge in [-0.2, -0.15) is 0 Å². The van der Waals surface area contributed by atoms with Crippen LogP contribution in [0.4, 0.5) is 0 Å². The highest BCUT2D eigenvalue weighted by molar-refractivity contribution is 6.21. The Bertz CT molecular complexity index is 1280. The molecule has 0 amide bonds. The van der Waals surface area contributed by atoms with Crippen LogP contribution in [0.25, 0.3) is 33.7 Å². The van der Waals surface area contributed by atoms with Crippen LogP contribution in [0.3, 0.4) is 0 Å². The van der Waals surface area contributed by atoms with Crippen LogP contribution >= 0.6 is 0 Å². The van der Waals surface area contributed by atoms with Crippen molar-refractivity contribution < 1.29 is 9.53 Å². The first-order valence-corrected chi connectivity index (χ1v) is 10.8. The zero-order chi connectivity index (χ0) is 22.5. The minimum atomic E-state index is -0.361. The summed E-state index contributed by atoms with van der Waals surface area (Å²) in [7, 11) is 0. The van der Waals surface area contributed by atoms with Gasteiger partial charge in [0.25, 0.3) is 0 Å². The fourth-order valence-corrected chi connectivity index (χ4v) is 3.72. The Morgan fingerprint density at radius 3 is 2.62 bits per heavy atom. The highest BCUT2D eigenvalue weighted by atomic mass is 16.5. The minimum absolute atomic E-state index is 0.316. The SMILES string of the molecule is CCOC(=O)/C(=C\c1cccc(-c2cc(C(C)C)cc3cccnc23)c1)c1cccnc1. The highest BCUT2D eigenvalue weighted by Crippen LogP contribution is 2.32. The summed E-state index contributed by atoms with van der Waals surface area (Å²) in [4.78, 5) is 21.5. The summed E-state index contributed by atoms with van der Waals surface area (Å²) in [6.45, 7) is 6.51. The van der Waals surface area contributed by atoms with Crippen molar-refractivity contribution in [2.45, 2.75) is 26.7 Å². The van der Waals surface area contributed by atoms with Crippen LogP contribution in [0.5, 0.6) is 0 Å². The molecule has 0 aliphatic heterocycles. The van der Waals surface area contributed by atoms with E-state index in [4.69, 9.17) is 4.74 Å². The number of nitrogens with zero attached hydrogens (tertiary/aromatic N) is 2. The molecule has 0 aliphatic carbocycles. The summed E-state index contributed by atoms with van der Waals surface area (Å²) in [5, 5.41) is 1.12. The number of rotatable bonds is 6. The Morgan fingerprint density at radius 1 is 1.03 bits per heavy atom. The second-order valence-electron chi connectivity index (χ2n) is 7.94. The maximum atomic E-state index is 12.7. The van der Waals surface area contributed by atoms with Gasteiger partial charge in [-0.15, -0.1) is 0 Å². The largest absolute Gasteiger partial charge is 0.462 e. The number of hydrogen-bond donors (Lipinski definition) is 0. The molecule has 0 fully saturated rings. The lowest BCUT2D eigenvalue weighted by Crippen LogP contribution is -2.07. The van der Waals surface area contributed by atoms with Crippen molar-refractivity contribution >= 4 is 28.5 Å². The van der Waals surface area contributed by atoms with Crippen LogP contribution < -0.4 is 0 Å². The number of esters is 1. The molecule has 4 heteroatoms. The summed E-state index contributed by atoms with van der Waals surface area (Å²) in [5.74, 6) is 0.0438. The third-order valence-corrected chi connectivity index (χ3v) is 5.37. The maximum Gasteiger partial charge on any atom is 0.338 e. The minimum Gasteiger partial charge on any atom is -0.462 e. The van der Waals surface area contributed by atoms with Crippen molar-refractivity contribution in [2.75, 3.05) is 6.61 Å². The molecule has 0 radical (unpaired) electrons. The number of aromatic nitrogens is 2. The second-order valence-corrected chi connectivity index (χ2v) is 7.94. The predicted octanol–water partition coefficient (Wildman–Crippen LogP) is 6.52. The molecule has 2 aromatic carbocycles. The fraction of sp³-hybridized carbons (Fsp3) is 0.179. The van der Waals surface area contributed by atoms with Crippen LogP contribution in [-0.2, 0) is 9.53 Å². The number of pyridine rings is 2. The van der Waals surface area contributed by atoms with Crippen molar-refractivity contribution in [1.29, 1.82) is 0 Å². The molecule has 0 bridgehead atoms. The van der Waals surface area contributed by atoms with Gasteiger partial charge in [-0.1, -0.05) is 44.2 Å². The Morgan fingerprint density at radius 2 is 1.88 bits per heavy atom. The number of carbonyl (C=O) groups excluding carboxylic acids is 1. The normalized spacial score (nSPS) is 11.7. The summed E-state index contributed by atoms with van der Waals surface area (Å²) in [6.07, 6.45) is 7.05. The summed E-state index contributed by atoms with van der Waals surface area (Å²) >= 11 is 0. The number of hydrogen-bond acceptors (Lipinski definition) is 4. The number of benzene rings is 2. The van der Waals surface area contributed by atoms with Gasteiger partial charge in [0.1, 0.15) is 0 Å². The van der Waals surface area contributed by atoms with Crippen molar-refractivity contribution in [3.05, 3.63) is 95.9 Å². The lowest BCUT2D eigenvalue weighted by Gasteiger charge is -2.13. The third kappa shape index (κ3) is 4.59. The first-order chi connectivity index (χ1) is 15.6. The Kier molecular flexibility index (Phi) is 6.41. The smallest absolute Gasteiger partial charge is 0.338 e. The molecule has 2 heterocycles. The molecule has 0 unspecified atom stereocenters. The maximum absolute atomic E-state index is 12.7. The van der Waals surface area contributed by atoms with E-state index >= 15 is 0 Å². The molecule has 4 rings (SSSR count). The quantitative estimate of drug-likeness (QED) is 0.262. The van der Waals surface area contributed by atoms with Crippen LogP contribution in [0, 0.1) is 0 Å². The van der Waals surface area contributed by atoms with E-state index in [-0.39, 0.29) is 5.97 Å². The van der Waals surface area contributed by atoms with Crippen LogP contribution in [0.1, 0.15) is 43.4 Å². The van der Waals surface area contributed by atoms with Crippen LogP contribution in [0.15, 0.2) is 79.3 Å². The second kappa shape index (κ2) is 9.56. The van der Waals surface area contributed by atoms with Crippen molar-refractivity contribution in [3.8, 4) is 11.1 Å². The average Bonchev–Trinajstić information content (AvgIpc) is 2.82. The lowest BCUT2D eigenvalue weighted by atomic mass is 9.93. The van der Waals surface area contributed by atoms with Gasteiger partial charge in [0.2, 0.25) is 0 Å². The fourth-order valence-electron chi connectivity index (χ4n) is 3.72. The molecule has 160 valence electrons. The average molecular weight is 423 g/mol. The highest BCUT2D eigenvalue weighted by Gasteiger charge is 2.14. The van der Waals surface area contributed by atoms with E-state index in [0.717, 1.165) is 33.2 Å². The van der Waals surface area contributed by atoms with Gasteiger partial charge < -0.3 is 4.74 Å². The van der Waals surface area contributed by atoms with Gasteiger partial charge in [-0.05, 0) is 65.9 Å². The third-order valence-electron chi connectivity index (χ3n) is 5.37. The van der Waals surface area contributed by atoms with E-state index in [1.165, 1.54) is 5.56 Å². The van der Waals surface area contributed by atoms with Gasteiger partial charge in [0.15, 0.2) is 0 Å². The van der Waals surface area contributed by atoms with E-state index < -0.39 is 0 Å². The van der Waals surface area contributed by atoms with Gasteiger partial charge in [-0.25, -0.2) is 4.79 Å². The summed E-state index contributed by atoms with van der Waals surface area (Å²) in [6, 6.07) is 20.3. The van der Waals surface area contributed by atoms with E-state index in [2.05, 4.69) is 54.1 Å². The van der Waals surface area contributed by atoms with E-state index in [0.29, 0.717) is 18.1 Å². The molecule has 0 saturated heterocycles. The van der Waals surface area contributed by atoms with Gasteiger partial charge in [-0.3, -0.25) is 9.97 Å². The Balaban J connectivity index is 1.84. The summed E-state index contributed by atoms with van der Waals surface area (Å²) in [5.41, 5.74) is 6.50. The number of fused-ring (bicyclic) bond motifs is 1. The monoisotopic (exact) mass is 422 g/mol. The van der Waals surface area contributed by atoms with Crippen molar-refractivity contribution in [1.82, 2.24) is 9.97 Å². The van der Waals surface area contributed by atoms with Gasteiger partial charge in [0, 0.05) is 35.1 Å². The molecular formula is C28H26N2O2. The van der Waals surface area contributed by atoms with Crippen LogP contribution in [0.2, 0.25) is 0 Å². The molecule has 4 nitrogen and oxygen atoms in total. The van der Waals surface area contributed by atoms with Crippen molar-refractivity contribution in [2.24, 2.45) is 0 Å². The van der Waals surface area contributed by atoms with Gasteiger partial charge >= 0.3 is 5.97 Å². The molecule has 0 N–H and O–H groups in total. The first-order valence-electron chi connectivity index (χ1n) is 10.8. The van der Waals surface area contributed by atoms with E-state index in [1.54, 1.807) is 19.3 Å². The molecule has 0 saturated carbocycles. The summed E-state index contributed by atoms with van der Waals surface area (Å²) < 4.78 is 5.30. The predicted molar refractivity (Wildman–Crippen MR) is 130 cm³/mol. The Labute approximate surface area is 188 Å². The molecule has 4 aromatic rings. The van der Waals surface area contributed by atoms with Gasteiger partial charge in [0.05, 0.1) is 17.7 Å². The zero-order valence-electron chi connectivity index (χ0n) is 18.6. The first kappa shape index (κ1) is 21.4. The zero-order valence-corrected chi connectivity index (χ0v) is 18.6. The molecule has 0 spiro atoms. The van der Waals surface area contributed by atoms with Crippen molar-refractivity contribution in [3.63, 3.8) is 0 Å². The topological polar surface area (TPSA) is 52.1 Å². The standard InChI is InChI=1S/C28H26N2O2/c1-4-32-28(31)26(23-11-6-12-29-18-23)15-20-8-5-9-21(14-20)25-17-24(19(2)3)16-22-10-7-13-30-27(22)25/h5-19H,4H2,1-3H3/b26-15-. The number of carbonyl (C=O) groups is 1. The Hall–Kier alpha value is -3.79. The molecule has 32 heavy (non-hydrogen) atoms. The van der Waals surface area contributed by atoms with E-state index in [1.807, 2.05) is 42.6 Å².